The molecular weight excluding hydrogens is 342 g/mol. The topological polar surface area (TPSA) is 56.2 Å². The molecule has 0 spiro atoms. The summed E-state index contributed by atoms with van der Waals surface area (Å²) in [4.78, 5) is 12.6. The van der Waals surface area contributed by atoms with Crippen molar-refractivity contribution in [3.05, 3.63) is 63.3 Å². The van der Waals surface area contributed by atoms with Gasteiger partial charge in [-0.05, 0) is 54.7 Å². The van der Waals surface area contributed by atoms with E-state index in [4.69, 9.17) is 10.2 Å². The van der Waals surface area contributed by atoms with E-state index in [0.717, 1.165) is 22.7 Å². The minimum absolute atomic E-state index is 0.185. The molecule has 3 aromatic rings. The fourth-order valence-electron chi connectivity index (χ4n) is 3.11. The van der Waals surface area contributed by atoms with E-state index in [2.05, 4.69) is 22.0 Å². The van der Waals surface area contributed by atoms with Crippen molar-refractivity contribution < 1.29 is 9.21 Å². The highest BCUT2D eigenvalue weighted by Gasteiger charge is 2.22. The second-order valence-corrected chi connectivity index (χ2v) is 6.57. The van der Waals surface area contributed by atoms with Gasteiger partial charge in [0.1, 0.15) is 5.58 Å². The minimum Gasteiger partial charge on any atom is -0.450 e. The lowest BCUT2D eigenvalue weighted by Crippen LogP contribution is -2.02. The summed E-state index contributed by atoms with van der Waals surface area (Å²) in [7, 11) is 0. The molecule has 1 heterocycles. The van der Waals surface area contributed by atoms with Crippen LogP contribution in [0.25, 0.3) is 11.0 Å². The molecule has 0 atom stereocenters. The molecule has 0 fully saturated rings. The first kappa shape index (κ1) is 13.6. The largest absolute Gasteiger partial charge is 0.450 e. The smallest absolute Gasteiger partial charge is 0.230 e. The molecule has 0 unspecified atom stereocenters. The van der Waals surface area contributed by atoms with Gasteiger partial charge >= 0.3 is 0 Å². The zero-order valence-corrected chi connectivity index (χ0v) is 13.4. The Morgan fingerprint density at radius 3 is 2.68 bits per heavy atom. The molecule has 1 aliphatic rings. The van der Waals surface area contributed by atoms with Crippen LogP contribution in [0.2, 0.25) is 0 Å². The van der Waals surface area contributed by atoms with Gasteiger partial charge in [0, 0.05) is 15.4 Å². The maximum Gasteiger partial charge on any atom is 0.230 e. The van der Waals surface area contributed by atoms with Crippen LogP contribution in [0.3, 0.4) is 0 Å². The third-order valence-electron chi connectivity index (χ3n) is 4.23. The second-order valence-electron chi connectivity index (χ2n) is 5.65. The van der Waals surface area contributed by atoms with Gasteiger partial charge in [0.2, 0.25) is 5.78 Å². The van der Waals surface area contributed by atoms with Gasteiger partial charge in [0.05, 0.1) is 5.69 Å². The van der Waals surface area contributed by atoms with E-state index in [9.17, 15) is 4.79 Å². The van der Waals surface area contributed by atoms with Crippen molar-refractivity contribution in [3.63, 3.8) is 0 Å². The predicted molar refractivity (Wildman–Crippen MR) is 90.2 cm³/mol. The van der Waals surface area contributed by atoms with Crippen LogP contribution in [0.1, 0.15) is 33.7 Å². The van der Waals surface area contributed by atoms with E-state index >= 15 is 0 Å². The Hall–Kier alpha value is -2.07. The molecule has 0 aliphatic heterocycles. The summed E-state index contributed by atoms with van der Waals surface area (Å²) in [5.41, 5.74) is 10.5. The van der Waals surface area contributed by atoms with Gasteiger partial charge in [-0.3, -0.25) is 4.79 Å². The normalized spacial score (nSPS) is 13.5. The van der Waals surface area contributed by atoms with Gasteiger partial charge in [-0.25, -0.2) is 0 Å². The first-order valence-corrected chi connectivity index (χ1v) is 8.07. The minimum atomic E-state index is -0.185. The zero-order valence-electron chi connectivity index (χ0n) is 11.9. The number of aryl methyl sites for hydroxylation is 2. The summed E-state index contributed by atoms with van der Waals surface area (Å²) < 4.78 is 6.64. The SMILES string of the molecule is Nc1c(C(=O)c2cccc(Br)c2)oc2cc3c(cc12)CCC3. The highest BCUT2D eigenvalue weighted by Crippen LogP contribution is 2.35. The molecule has 22 heavy (non-hydrogen) atoms. The molecule has 4 rings (SSSR count). The van der Waals surface area contributed by atoms with Crippen molar-refractivity contribution in [2.75, 3.05) is 5.73 Å². The number of nitrogens with two attached hydrogens (primary N) is 1. The highest BCUT2D eigenvalue weighted by atomic mass is 79.9. The van der Waals surface area contributed by atoms with Crippen LogP contribution in [-0.4, -0.2) is 5.78 Å². The third-order valence-corrected chi connectivity index (χ3v) is 4.73. The molecule has 0 saturated heterocycles. The van der Waals surface area contributed by atoms with Gasteiger partial charge in [-0.2, -0.15) is 0 Å². The number of carbonyl (C=O) groups excluding carboxylic acids is 1. The fraction of sp³-hybridized carbons (Fsp3) is 0.167. The maximum atomic E-state index is 12.6. The van der Waals surface area contributed by atoms with Crippen LogP contribution in [0.15, 0.2) is 45.3 Å². The number of hydrogen-bond donors (Lipinski definition) is 1. The lowest BCUT2D eigenvalue weighted by molar-refractivity contribution is 0.101. The monoisotopic (exact) mass is 355 g/mol. The Morgan fingerprint density at radius 2 is 1.91 bits per heavy atom. The summed E-state index contributed by atoms with van der Waals surface area (Å²) in [6.07, 6.45) is 3.32. The van der Waals surface area contributed by atoms with E-state index in [0.29, 0.717) is 16.8 Å². The first-order valence-electron chi connectivity index (χ1n) is 7.27. The summed E-state index contributed by atoms with van der Waals surface area (Å²) in [5, 5.41) is 0.846. The third kappa shape index (κ3) is 2.06. The number of anilines is 1. The number of fused-ring (bicyclic) bond motifs is 2. The number of nitrogen functional groups attached to an aromatic ring is 1. The average molecular weight is 356 g/mol. The molecule has 1 aliphatic carbocycles. The molecule has 2 N–H and O–H groups in total. The Balaban J connectivity index is 1.85. The van der Waals surface area contributed by atoms with Crippen molar-refractivity contribution in [1.29, 1.82) is 0 Å². The standard InChI is InChI=1S/C18H14BrNO2/c19-13-6-2-5-12(7-13)17(21)18-16(20)14-8-10-3-1-4-11(10)9-15(14)22-18/h2,5-9H,1,3-4,20H2. The molecule has 2 aromatic carbocycles. The number of benzene rings is 2. The van der Waals surface area contributed by atoms with E-state index in [1.807, 2.05) is 18.2 Å². The van der Waals surface area contributed by atoms with Crippen LogP contribution in [0.5, 0.6) is 0 Å². The Labute approximate surface area is 136 Å². The van der Waals surface area contributed by atoms with Gasteiger partial charge in [0.15, 0.2) is 5.76 Å². The van der Waals surface area contributed by atoms with Gasteiger partial charge in [-0.15, -0.1) is 0 Å². The molecule has 0 saturated carbocycles. The number of ketones is 1. The van der Waals surface area contributed by atoms with Crippen LogP contribution in [0.4, 0.5) is 5.69 Å². The van der Waals surface area contributed by atoms with Crippen molar-refractivity contribution in [2.24, 2.45) is 0 Å². The molecule has 0 radical (unpaired) electrons. The Bertz CT molecular complexity index is 911. The summed E-state index contributed by atoms with van der Waals surface area (Å²) in [6, 6.07) is 11.3. The molecule has 0 amide bonds. The number of halogens is 1. The maximum absolute atomic E-state index is 12.6. The van der Waals surface area contributed by atoms with Crippen molar-refractivity contribution in [3.8, 4) is 0 Å². The van der Waals surface area contributed by atoms with E-state index in [-0.39, 0.29) is 11.5 Å². The molecule has 0 bridgehead atoms. The fourth-order valence-corrected chi connectivity index (χ4v) is 3.51. The summed E-state index contributed by atoms with van der Waals surface area (Å²) in [6.45, 7) is 0. The zero-order chi connectivity index (χ0) is 15.3. The van der Waals surface area contributed by atoms with Gasteiger partial charge in [0.25, 0.3) is 0 Å². The number of furan rings is 1. The second kappa shape index (κ2) is 4.99. The molecule has 110 valence electrons. The van der Waals surface area contributed by atoms with Crippen LogP contribution in [0, 0.1) is 0 Å². The Morgan fingerprint density at radius 1 is 1.14 bits per heavy atom. The van der Waals surface area contributed by atoms with Gasteiger partial charge in [-0.1, -0.05) is 28.1 Å². The van der Waals surface area contributed by atoms with E-state index in [1.54, 1.807) is 12.1 Å². The number of hydrogen-bond acceptors (Lipinski definition) is 3. The number of carbonyl (C=O) groups is 1. The van der Waals surface area contributed by atoms with Crippen molar-refractivity contribution >= 4 is 38.4 Å². The number of rotatable bonds is 2. The van der Waals surface area contributed by atoms with Gasteiger partial charge < -0.3 is 10.2 Å². The molecule has 3 nitrogen and oxygen atoms in total. The quantitative estimate of drug-likeness (QED) is 0.688. The predicted octanol–water partition coefficient (Wildman–Crippen LogP) is 4.50. The average Bonchev–Trinajstić information content (AvgIpc) is 3.09. The molecule has 4 heteroatoms. The lowest BCUT2D eigenvalue weighted by atomic mass is 10.0. The van der Waals surface area contributed by atoms with E-state index < -0.39 is 0 Å². The summed E-state index contributed by atoms with van der Waals surface area (Å²) >= 11 is 3.38. The van der Waals surface area contributed by atoms with Crippen LogP contribution in [-0.2, 0) is 12.8 Å². The Kier molecular flexibility index (Phi) is 3.08. The first-order chi connectivity index (χ1) is 10.6. The summed E-state index contributed by atoms with van der Waals surface area (Å²) in [5.74, 6) is 0.0481. The van der Waals surface area contributed by atoms with Crippen molar-refractivity contribution in [2.45, 2.75) is 19.3 Å². The van der Waals surface area contributed by atoms with Crippen molar-refractivity contribution in [1.82, 2.24) is 0 Å². The van der Waals surface area contributed by atoms with E-state index in [1.165, 1.54) is 17.5 Å². The van der Waals surface area contributed by atoms with Crippen LogP contribution >= 0.6 is 15.9 Å². The van der Waals surface area contributed by atoms with Crippen LogP contribution < -0.4 is 5.73 Å². The lowest BCUT2D eigenvalue weighted by Gasteiger charge is -1.99. The highest BCUT2D eigenvalue weighted by molar-refractivity contribution is 9.10. The molecular formula is C18H14BrNO2. The molecule has 1 aromatic heterocycles.